The van der Waals surface area contributed by atoms with Crippen molar-refractivity contribution in [2.24, 2.45) is 5.73 Å². The molecule has 0 aliphatic rings. The highest BCUT2D eigenvalue weighted by Crippen LogP contribution is 2.12. The predicted molar refractivity (Wildman–Crippen MR) is 61.3 cm³/mol. The Hall–Kier alpha value is -1.35. The van der Waals surface area contributed by atoms with E-state index in [9.17, 15) is 4.79 Å². The van der Waals surface area contributed by atoms with E-state index in [0.717, 1.165) is 5.56 Å². The van der Waals surface area contributed by atoms with Crippen LogP contribution in [0.1, 0.15) is 31.9 Å². The Balaban J connectivity index is 2.62. The van der Waals surface area contributed by atoms with Crippen molar-refractivity contribution < 1.29 is 4.79 Å². The van der Waals surface area contributed by atoms with E-state index in [-0.39, 0.29) is 18.0 Å². The summed E-state index contributed by atoms with van der Waals surface area (Å²) in [5.74, 6) is -0.291. The molecule has 3 N–H and O–H groups in total. The van der Waals surface area contributed by atoms with Gasteiger partial charge in [0.2, 0.25) is 5.91 Å². The third kappa shape index (κ3) is 3.36. The van der Waals surface area contributed by atoms with Gasteiger partial charge in [-0.05, 0) is 18.9 Å². The first kappa shape index (κ1) is 11.7. The fourth-order valence-corrected chi connectivity index (χ4v) is 1.54. The van der Waals surface area contributed by atoms with Crippen LogP contribution in [0.2, 0.25) is 0 Å². The lowest BCUT2D eigenvalue weighted by Crippen LogP contribution is -2.41. The van der Waals surface area contributed by atoms with Crippen LogP contribution in [0, 0.1) is 0 Å². The zero-order valence-corrected chi connectivity index (χ0v) is 9.23. The van der Waals surface area contributed by atoms with Crippen LogP contribution in [0.5, 0.6) is 0 Å². The minimum absolute atomic E-state index is 0.142. The van der Waals surface area contributed by atoms with Gasteiger partial charge in [0.1, 0.15) is 0 Å². The van der Waals surface area contributed by atoms with E-state index in [0.29, 0.717) is 6.42 Å². The molecule has 0 saturated heterocycles. The van der Waals surface area contributed by atoms with E-state index in [1.165, 1.54) is 0 Å². The number of hydrogen-bond donors (Lipinski definition) is 2. The third-order valence-corrected chi connectivity index (χ3v) is 2.50. The van der Waals surface area contributed by atoms with Crippen molar-refractivity contribution in [3.8, 4) is 0 Å². The molecule has 0 aromatic heterocycles. The van der Waals surface area contributed by atoms with E-state index < -0.39 is 0 Å². The van der Waals surface area contributed by atoms with Crippen LogP contribution in [0.15, 0.2) is 30.3 Å². The third-order valence-electron chi connectivity index (χ3n) is 2.50. The molecule has 1 aromatic carbocycles. The van der Waals surface area contributed by atoms with Crippen LogP contribution >= 0.6 is 0 Å². The molecule has 0 aliphatic heterocycles. The molecule has 2 atom stereocenters. The van der Waals surface area contributed by atoms with Gasteiger partial charge in [-0.3, -0.25) is 10.1 Å². The Bertz CT molecular complexity index is 311. The second kappa shape index (κ2) is 5.51. The van der Waals surface area contributed by atoms with Gasteiger partial charge in [0.25, 0.3) is 0 Å². The Morgan fingerprint density at radius 2 is 2.00 bits per heavy atom. The largest absolute Gasteiger partial charge is 0.368 e. The summed E-state index contributed by atoms with van der Waals surface area (Å²) in [5.41, 5.74) is 6.44. The molecule has 0 heterocycles. The zero-order valence-electron chi connectivity index (χ0n) is 9.23. The van der Waals surface area contributed by atoms with E-state index in [1.807, 2.05) is 44.2 Å². The van der Waals surface area contributed by atoms with Gasteiger partial charge in [-0.2, -0.15) is 0 Å². The van der Waals surface area contributed by atoms with Gasteiger partial charge >= 0.3 is 0 Å². The molecule has 0 aliphatic carbocycles. The maximum atomic E-state index is 11.1. The lowest BCUT2D eigenvalue weighted by atomic mass is 10.1. The molecular formula is C12H18N2O. The molecule has 0 radical (unpaired) electrons. The van der Waals surface area contributed by atoms with Crippen LogP contribution in [0.25, 0.3) is 0 Å². The normalized spacial score (nSPS) is 14.5. The fourth-order valence-electron chi connectivity index (χ4n) is 1.54. The predicted octanol–water partition coefficient (Wildman–Crippen LogP) is 1.60. The average molecular weight is 206 g/mol. The topological polar surface area (TPSA) is 55.1 Å². The highest BCUT2D eigenvalue weighted by atomic mass is 16.1. The standard InChI is InChI=1S/C12H18N2O/c1-3-11(12(13)15)14-9(2)10-7-5-4-6-8-10/h4-9,11,14H,3H2,1-2H3,(H2,13,15). The number of nitrogens with one attached hydrogen (secondary N) is 1. The molecule has 15 heavy (non-hydrogen) atoms. The summed E-state index contributed by atoms with van der Waals surface area (Å²) in [6.07, 6.45) is 0.715. The Morgan fingerprint density at radius 1 is 1.40 bits per heavy atom. The quantitative estimate of drug-likeness (QED) is 0.769. The van der Waals surface area contributed by atoms with Gasteiger partial charge in [0.15, 0.2) is 0 Å². The van der Waals surface area contributed by atoms with Gasteiger partial charge in [0.05, 0.1) is 6.04 Å². The van der Waals surface area contributed by atoms with Crippen molar-refractivity contribution in [3.05, 3.63) is 35.9 Å². The van der Waals surface area contributed by atoms with Gasteiger partial charge in [-0.15, -0.1) is 0 Å². The molecular weight excluding hydrogens is 188 g/mol. The molecule has 1 aromatic rings. The first-order valence-corrected chi connectivity index (χ1v) is 5.25. The molecule has 82 valence electrons. The number of carbonyl (C=O) groups excluding carboxylic acids is 1. The number of nitrogens with two attached hydrogens (primary N) is 1. The zero-order chi connectivity index (χ0) is 11.3. The van der Waals surface area contributed by atoms with Crippen LogP contribution in [0.3, 0.4) is 0 Å². The van der Waals surface area contributed by atoms with Gasteiger partial charge in [-0.25, -0.2) is 0 Å². The summed E-state index contributed by atoms with van der Waals surface area (Å²) < 4.78 is 0. The van der Waals surface area contributed by atoms with E-state index in [1.54, 1.807) is 0 Å². The van der Waals surface area contributed by atoms with E-state index >= 15 is 0 Å². The summed E-state index contributed by atoms with van der Waals surface area (Å²) in [6.45, 7) is 3.97. The van der Waals surface area contributed by atoms with Crippen molar-refractivity contribution >= 4 is 5.91 Å². The first-order chi connectivity index (χ1) is 7.15. The minimum Gasteiger partial charge on any atom is -0.368 e. The van der Waals surface area contributed by atoms with Crippen molar-refractivity contribution in [1.82, 2.24) is 5.32 Å². The Morgan fingerprint density at radius 3 is 2.47 bits per heavy atom. The van der Waals surface area contributed by atoms with Crippen molar-refractivity contribution in [2.75, 3.05) is 0 Å². The molecule has 0 bridgehead atoms. The van der Waals surface area contributed by atoms with Crippen LogP contribution in [-0.2, 0) is 4.79 Å². The molecule has 0 spiro atoms. The van der Waals surface area contributed by atoms with Crippen molar-refractivity contribution in [1.29, 1.82) is 0 Å². The van der Waals surface area contributed by atoms with Crippen molar-refractivity contribution in [3.63, 3.8) is 0 Å². The van der Waals surface area contributed by atoms with Gasteiger partial charge < -0.3 is 5.73 Å². The highest BCUT2D eigenvalue weighted by Gasteiger charge is 2.15. The SMILES string of the molecule is CCC(NC(C)c1ccccc1)C(N)=O. The smallest absolute Gasteiger partial charge is 0.234 e. The summed E-state index contributed by atoms with van der Waals surface area (Å²) in [4.78, 5) is 11.1. The van der Waals surface area contributed by atoms with Crippen molar-refractivity contribution in [2.45, 2.75) is 32.4 Å². The minimum atomic E-state index is -0.291. The lowest BCUT2D eigenvalue weighted by Gasteiger charge is -2.19. The number of rotatable bonds is 5. The second-order valence-corrected chi connectivity index (χ2v) is 3.66. The maximum absolute atomic E-state index is 11.1. The monoisotopic (exact) mass is 206 g/mol. The molecule has 2 unspecified atom stereocenters. The summed E-state index contributed by atoms with van der Waals surface area (Å²) in [7, 11) is 0. The number of primary amides is 1. The number of amides is 1. The summed E-state index contributed by atoms with van der Waals surface area (Å²) in [6, 6.07) is 9.90. The number of benzene rings is 1. The van der Waals surface area contributed by atoms with Gasteiger partial charge in [0, 0.05) is 6.04 Å². The number of hydrogen-bond acceptors (Lipinski definition) is 2. The highest BCUT2D eigenvalue weighted by molar-refractivity contribution is 5.79. The van der Waals surface area contributed by atoms with Crippen LogP contribution < -0.4 is 11.1 Å². The molecule has 1 amide bonds. The number of carbonyl (C=O) groups is 1. The summed E-state index contributed by atoms with van der Waals surface area (Å²) >= 11 is 0. The lowest BCUT2D eigenvalue weighted by molar-refractivity contribution is -0.120. The van der Waals surface area contributed by atoms with Crippen LogP contribution in [0.4, 0.5) is 0 Å². The fraction of sp³-hybridized carbons (Fsp3) is 0.417. The maximum Gasteiger partial charge on any atom is 0.234 e. The molecule has 3 nitrogen and oxygen atoms in total. The van der Waals surface area contributed by atoms with Crippen LogP contribution in [-0.4, -0.2) is 11.9 Å². The first-order valence-electron chi connectivity index (χ1n) is 5.25. The molecule has 1 rings (SSSR count). The van der Waals surface area contributed by atoms with E-state index in [4.69, 9.17) is 5.73 Å². The molecule has 3 heteroatoms. The average Bonchev–Trinajstić information content (AvgIpc) is 2.26. The second-order valence-electron chi connectivity index (χ2n) is 3.66. The molecule has 0 fully saturated rings. The summed E-state index contributed by atoms with van der Waals surface area (Å²) in [5, 5.41) is 3.21. The molecule has 0 saturated carbocycles. The Labute approximate surface area is 90.7 Å². The van der Waals surface area contributed by atoms with Gasteiger partial charge in [-0.1, -0.05) is 37.3 Å². The Kier molecular flexibility index (Phi) is 4.31. The van der Waals surface area contributed by atoms with E-state index in [2.05, 4.69) is 5.32 Å².